The van der Waals surface area contributed by atoms with E-state index < -0.39 is 0 Å². The number of alkyl halides is 1. The molecule has 2 aromatic carbocycles. The van der Waals surface area contributed by atoms with Crippen LogP contribution in [0.4, 0.5) is 0 Å². The number of thioether (sulfide) groups is 1. The van der Waals surface area contributed by atoms with E-state index >= 15 is 0 Å². The van der Waals surface area contributed by atoms with Gasteiger partial charge in [0.15, 0.2) is 5.17 Å². The highest BCUT2D eigenvalue weighted by molar-refractivity contribution is 8.14. The molecule has 0 spiro atoms. The molecule has 32 heavy (non-hydrogen) atoms. The summed E-state index contributed by atoms with van der Waals surface area (Å²) in [5.41, 5.74) is 7.26. The topological polar surface area (TPSA) is 62.8 Å². The molecule has 3 rings (SSSR count). The second-order valence-electron chi connectivity index (χ2n) is 5.68. The Balaban J connectivity index is 0.000000492. The van der Waals surface area contributed by atoms with Gasteiger partial charge in [-0.15, -0.1) is 11.6 Å². The number of hydrogen-bond donors (Lipinski definition) is 2. The molecule has 1 aliphatic rings. The van der Waals surface area contributed by atoms with Crippen molar-refractivity contribution < 1.29 is 12.4 Å². The first kappa shape index (κ1) is 31.8. The van der Waals surface area contributed by atoms with Gasteiger partial charge in [0, 0.05) is 24.7 Å². The lowest BCUT2D eigenvalue weighted by molar-refractivity contribution is -0.00000583. The Morgan fingerprint density at radius 3 is 2.09 bits per heavy atom. The summed E-state index contributed by atoms with van der Waals surface area (Å²) < 4.78 is 0. The maximum atomic E-state index is 6.06. The number of thiocarbonyl (C=S) groups is 1. The number of amidine groups is 1. The molecule has 12 heteroatoms. The molecule has 176 valence electrons. The Morgan fingerprint density at radius 2 is 1.66 bits per heavy atom. The fraction of sp³-hybridized carbons (Fsp3) is 0.300. The fourth-order valence-corrected chi connectivity index (χ4v) is 3.78. The van der Waals surface area contributed by atoms with E-state index in [-0.39, 0.29) is 12.4 Å². The number of rotatable bonds is 5. The van der Waals surface area contributed by atoms with Crippen molar-refractivity contribution in [1.82, 2.24) is 5.32 Å². The number of benzene rings is 2. The Hall–Kier alpha value is -0.240. The molecule has 0 aromatic heterocycles. The molecule has 0 radical (unpaired) electrons. The van der Waals surface area contributed by atoms with Crippen LogP contribution in [-0.2, 0) is 13.1 Å². The smallest absolute Gasteiger partial charge is 0.156 e. The summed E-state index contributed by atoms with van der Waals surface area (Å²) in [4.78, 5) is 7.82. The Bertz CT molecular complexity index is 908. The molecule has 0 fully saturated rings. The molecular formula is C20H21Cl6N4S2-. The van der Waals surface area contributed by atoms with Gasteiger partial charge < -0.3 is 23.5 Å². The number of hydrogen-bond acceptors (Lipinski definition) is 6. The molecule has 0 unspecified atom stereocenters. The van der Waals surface area contributed by atoms with Gasteiger partial charge in [-0.05, 0) is 35.5 Å². The summed E-state index contributed by atoms with van der Waals surface area (Å²) in [6.45, 7) is 2.59. The molecule has 0 atom stereocenters. The Morgan fingerprint density at radius 1 is 1.06 bits per heavy atom. The predicted octanol–water partition coefficient (Wildman–Crippen LogP) is 3.97. The quantitative estimate of drug-likeness (QED) is 0.313. The maximum Gasteiger partial charge on any atom is 0.156 e. The molecule has 0 bridgehead atoms. The van der Waals surface area contributed by atoms with Gasteiger partial charge in [-0.25, -0.2) is 4.99 Å². The van der Waals surface area contributed by atoms with Crippen molar-refractivity contribution in [3.8, 4) is 0 Å². The van der Waals surface area contributed by atoms with E-state index in [0.29, 0.717) is 45.6 Å². The van der Waals surface area contributed by atoms with Crippen LogP contribution in [0.1, 0.15) is 11.1 Å². The average molecular weight is 594 g/mol. The van der Waals surface area contributed by atoms with E-state index in [1.54, 1.807) is 23.9 Å². The molecule has 1 heterocycles. The minimum atomic E-state index is 0. The summed E-state index contributed by atoms with van der Waals surface area (Å²) in [6, 6.07) is 11.1. The molecule has 4 nitrogen and oxygen atoms in total. The number of nitrogens with one attached hydrogen (secondary N) is 1. The second-order valence-corrected chi connectivity index (χ2v) is 8.90. The summed E-state index contributed by atoms with van der Waals surface area (Å²) in [5.74, 6) is 1.59. The van der Waals surface area contributed by atoms with E-state index in [0.717, 1.165) is 28.6 Å². The molecule has 0 saturated carbocycles. The summed E-state index contributed by atoms with van der Waals surface area (Å²) in [7, 11) is 0. The predicted molar refractivity (Wildman–Crippen MR) is 143 cm³/mol. The molecule has 0 amide bonds. The number of isothiocyanates is 1. The van der Waals surface area contributed by atoms with E-state index in [1.807, 2.05) is 24.3 Å². The van der Waals surface area contributed by atoms with E-state index in [2.05, 4.69) is 32.7 Å². The highest BCUT2D eigenvalue weighted by Gasteiger charge is 2.08. The lowest BCUT2D eigenvalue weighted by atomic mass is 10.2. The summed E-state index contributed by atoms with van der Waals surface area (Å²) in [5, 5.41) is 8.76. The van der Waals surface area contributed by atoms with Crippen LogP contribution < -0.4 is 23.5 Å². The van der Waals surface area contributed by atoms with Gasteiger partial charge in [-0.2, -0.15) is 0 Å². The van der Waals surface area contributed by atoms with Crippen LogP contribution in [0, 0.1) is 0 Å². The summed E-state index contributed by atoms with van der Waals surface area (Å²) >= 11 is 34.6. The Labute approximate surface area is 229 Å². The van der Waals surface area contributed by atoms with Crippen molar-refractivity contribution in [1.29, 1.82) is 0 Å². The van der Waals surface area contributed by atoms with Crippen LogP contribution in [0.15, 0.2) is 46.4 Å². The van der Waals surface area contributed by atoms with Gasteiger partial charge in [-0.3, -0.25) is 4.99 Å². The van der Waals surface area contributed by atoms with E-state index in [1.165, 1.54) is 0 Å². The van der Waals surface area contributed by atoms with Crippen molar-refractivity contribution in [3.05, 3.63) is 67.6 Å². The largest absolute Gasteiger partial charge is 1.00 e. The number of halogens is 6. The zero-order chi connectivity index (χ0) is 23.1. The van der Waals surface area contributed by atoms with E-state index in [9.17, 15) is 0 Å². The normalized spacial score (nSPS) is 11.5. The van der Waals surface area contributed by atoms with Gasteiger partial charge in [0.25, 0.3) is 0 Å². The van der Waals surface area contributed by atoms with Crippen LogP contribution in [0.5, 0.6) is 0 Å². The fourth-order valence-electron chi connectivity index (χ4n) is 2.09. The third kappa shape index (κ3) is 12.3. The summed E-state index contributed by atoms with van der Waals surface area (Å²) in [6.07, 6.45) is 0. The van der Waals surface area contributed by atoms with Gasteiger partial charge >= 0.3 is 0 Å². The van der Waals surface area contributed by atoms with Crippen LogP contribution in [-0.4, -0.2) is 35.1 Å². The third-order valence-corrected chi connectivity index (χ3v) is 6.51. The molecular weight excluding hydrogens is 573 g/mol. The zero-order valence-electron chi connectivity index (χ0n) is 16.8. The standard InChI is InChI=1S/C10H10Cl2N2S.C7H7Cl2N.C3H4ClNS.ClH/c11-8-3-1-2-7(9(8)12)6-14-10-13-4-5-15-10;8-6-3-1-2-5(4-10)7(6)9;4-1-2-5-3-6;/h1-3H,4-6H2,(H,13,14);1-3H,4,10H2;1-2H2;1H/p-1. The minimum absolute atomic E-state index is 0. The number of nitrogens with two attached hydrogens (primary N) is 1. The molecule has 0 saturated heterocycles. The average Bonchev–Trinajstić information content (AvgIpc) is 3.30. The van der Waals surface area contributed by atoms with Crippen LogP contribution in [0.2, 0.25) is 20.1 Å². The SMILES string of the molecule is Clc1cccc(CNC2=NCCS2)c1Cl.NCc1cccc(Cl)c1Cl.S=C=NCCCl.[Cl-]. The molecule has 1 aliphatic heterocycles. The van der Waals surface area contributed by atoms with Crippen LogP contribution in [0.25, 0.3) is 0 Å². The lowest BCUT2D eigenvalue weighted by Crippen LogP contribution is -3.00. The number of aliphatic imine (C=N–C) groups is 2. The van der Waals surface area contributed by atoms with Crippen LogP contribution in [0.3, 0.4) is 0 Å². The van der Waals surface area contributed by atoms with Gasteiger partial charge in [-0.1, -0.05) is 82.4 Å². The van der Waals surface area contributed by atoms with Crippen LogP contribution >= 0.6 is 82.0 Å². The van der Waals surface area contributed by atoms with E-state index in [4.69, 9.17) is 63.7 Å². The first-order chi connectivity index (χ1) is 14.9. The highest BCUT2D eigenvalue weighted by Crippen LogP contribution is 2.26. The molecule has 3 N–H and O–H groups in total. The maximum absolute atomic E-state index is 6.06. The minimum Gasteiger partial charge on any atom is -1.00 e. The monoisotopic (exact) mass is 591 g/mol. The van der Waals surface area contributed by atoms with Gasteiger partial charge in [0.05, 0.1) is 38.3 Å². The van der Waals surface area contributed by atoms with Crippen molar-refractivity contribution >= 4 is 92.3 Å². The first-order valence-electron chi connectivity index (χ1n) is 9.01. The van der Waals surface area contributed by atoms with Crippen molar-refractivity contribution in [2.24, 2.45) is 15.7 Å². The molecule has 2 aromatic rings. The molecule has 0 aliphatic carbocycles. The van der Waals surface area contributed by atoms with Gasteiger partial charge in [0.2, 0.25) is 0 Å². The number of nitrogens with zero attached hydrogens (tertiary/aromatic N) is 2. The lowest BCUT2D eigenvalue weighted by Gasteiger charge is -2.07. The highest BCUT2D eigenvalue weighted by atomic mass is 35.5. The zero-order valence-corrected chi connectivity index (χ0v) is 22.9. The third-order valence-electron chi connectivity index (χ3n) is 3.56. The second kappa shape index (κ2) is 19.1. The van der Waals surface area contributed by atoms with Crippen molar-refractivity contribution in [3.63, 3.8) is 0 Å². The van der Waals surface area contributed by atoms with Gasteiger partial charge in [0.1, 0.15) is 0 Å². The van der Waals surface area contributed by atoms with Crippen molar-refractivity contribution in [2.45, 2.75) is 13.1 Å². The Kier molecular flexibility index (Phi) is 19.0. The first-order valence-corrected chi connectivity index (χ1v) is 12.4. The van der Waals surface area contributed by atoms with Crippen molar-refractivity contribution in [2.75, 3.05) is 24.7 Å².